The maximum atomic E-state index is 10.9. The molecule has 0 aliphatic carbocycles. The summed E-state index contributed by atoms with van der Waals surface area (Å²) in [7, 11) is -1.39. The van der Waals surface area contributed by atoms with Crippen LogP contribution in [-0.2, 0) is 0 Å². The number of anilines is 1. The summed E-state index contributed by atoms with van der Waals surface area (Å²) in [6.07, 6.45) is 3.29. The van der Waals surface area contributed by atoms with Crippen molar-refractivity contribution in [3.8, 4) is 11.5 Å². The number of aromatic nitrogens is 2. The predicted molar refractivity (Wildman–Crippen MR) is 83.9 cm³/mol. The Hall–Kier alpha value is -2.07. The highest BCUT2D eigenvalue weighted by molar-refractivity contribution is 6.83. The van der Waals surface area contributed by atoms with Crippen molar-refractivity contribution in [2.24, 2.45) is 0 Å². The second-order valence-corrected chi connectivity index (χ2v) is 10.9. The van der Waals surface area contributed by atoms with Crippen LogP contribution in [0.2, 0.25) is 19.6 Å². The number of nitrogens with one attached hydrogen (secondary N) is 1. The summed E-state index contributed by atoms with van der Waals surface area (Å²) < 4.78 is 0. The van der Waals surface area contributed by atoms with Gasteiger partial charge < -0.3 is 15.3 Å². The topological polar surface area (TPSA) is 78.4 Å². The number of nitrogens with zero attached hydrogens (tertiary/aromatic N) is 3. The molecule has 1 aromatic rings. The van der Waals surface area contributed by atoms with Crippen LogP contribution in [0.1, 0.15) is 12.0 Å². The van der Waals surface area contributed by atoms with Crippen molar-refractivity contribution in [2.75, 3.05) is 18.4 Å². The Morgan fingerprint density at radius 3 is 2.62 bits per heavy atom. The minimum Gasteiger partial charge on any atom is -0.465 e. The van der Waals surface area contributed by atoms with Gasteiger partial charge in [-0.05, 0) is 6.42 Å². The zero-order valence-corrected chi connectivity index (χ0v) is 13.6. The molecule has 0 saturated carbocycles. The SMILES string of the molecule is C[Si](C)(C)C#Cc1cnc(N[C@@H]2CCN(C(=O)O)C2)nc1. The molecule has 2 rings (SSSR count). The fourth-order valence-electron chi connectivity index (χ4n) is 1.96. The number of carbonyl (C=O) groups is 1. The minimum absolute atomic E-state index is 0.0695. The largest absolute Gasteiger partial charge is 0.465 e. The van der Waals surface area contributed by atoms with Crippen LogP contribution in [0.15, 0.2) is 12.4 Å². The number of likely N-dealkylation sites (tertiary alicyclic amines) is 1. The van der Waals surface area contributed by atoms with Crippen LogP contribution in [0.3, 0.4) is 0 Å². The molecule has 1 aromatic heterocycles. The zero-order valence-electron chi connectivity index (χ0n) is 12.6. The Morgan fingerprint density at radius 2 is 2.10 bits per heavy atom. The normalized spacial score (nSPS) is 18.0. The maximum Gasteiger partial charge on any atom is 0.407 e. The van der Waals surface area contributed by atoms with Gasteiger partial charge in [0.15, 0.2) is 0 Å². The molecule has 1 aliphatic heterocycles. The number of carboxylic acid groups (broad SMARTS) is 1. The summed E-state index contributed by atoms with van der Waals surface area (Å²) in [6, 6.07) is 0.0695. The maximum absolute atomic E-state index is 10.9. The number of rotatable bonds is 2. The molecule has 112 valence electrons. The molecule has 1 fully saturated rings. The van der Waals surface area contributed by atoms with E-state index < -0.39 is 14.2 Å². The van der Waals surface area contributed by atoms with Crippen molar-refractivity contribution < 1.29 is 9.90 Å². The second kappa shape index (κ2) is 6.14. The van der Waals surface area contributed by atoms with Gasteiger partial charge in [0.1, 0.15) is 8.07 Å². The highest BCUT2D eigenvalue weighted by atomic mass is 28.3. The first-order valence-corrected chi connectivity index (χ1v) is 10.4. The molecule has 0 spiro atoms. The second-order valence-electron chi connectivity index (χ2n) is 6.15. The van der Waals surface area contributed by atoms with E-state index in [1.54, 1.807) is 12.4 Å². The highest BCUT2D eigenvalue weighted by Gasteiger charge is 2.26. The van der Waals surface area contributed by atoms with E-state index >= 15 is 0 Å². The molecule has 21 heavy (non-hydrogen) atoms. The lowest BCUT2D eigenvalue weighted by Gasteiger charge is -2.13. The molecule has 0 bridgehead atoms. The minimum atomic E-state index is -1.39. The third-order valence-corrected chi connectivity index (χ3v) is 3.90. The third kappa shape index (κ3) is 4.75. The Morgan fingerprint density at radius 1 is 1.43 bits per heavy atom. The van der Waals surface area contributed by atoms with Crippen molar-refractivity contribution >= 4 is 20.1 Å². The van der Waals surface area contributed by atoms with E-state index in [0.717, 1.165) is 12.0 Å². The number of hydrogen-bond donors (Lipinski definition) is 2. The number of hydrogen-bond acceptors (Lipinski definition) is 4. The van der Waals surface area contributed by atoms with Crippen LogP contribution in [0.25, 0.3) is 0 Å². The van der Waals surface area contributed by atoms with Crippen molar-refractivity contribution in [2.45, 2.75) is 32.1 Å². The molecule has 7 heteroatoms. The van der Waals surface area contributed by atoms with Crippen LogP contribution in [0, 0.1) is 11.5 Å². The molecule has 1 amide bonds. The Balaban J connectivity index is 1.94. The van der Waals surface area contributed by atoms with E-state index in [-0.39, 0.29) is 6.04 Å². The van der Waals surface area contributed by atoms with Gasteiger partial charge >= 0.3 is 6.09 Å². The summed E-state index contributed by atoms with van der Waals surface area (Å²) in [5.41, 5.74) is 4.07. The van der Waals surface area contributed by atoms with E-state index in [1.807, 2.05) is 0 Å². The molecule has 0 aromatic carbocycles. The summed E-state index contributed by atoms with van der Waals surface area (Å²) in [4.78, 5) is 20.7. The molecule has 1 aliphatic rings. The summed E-state index contributed by atoms with van der Waals surface area (Å²) in [5.74, 6) is 3.62. The monoisotopic (exact) mass is 304 g/mol. The smallest absolute Gasteiger partial charge is 0.407 e. The lowest BCUT2D eigenvalue weighted by atomic mass is 10.3. The Labute approximate surface area is 125 Å². The first-order chi connectivity index (χ1) is 9.83. The first kappa shape index (κ1) is 15.3. The molecule has 2 heterocycles. The third-order valence-electron chi connectivity index (χ3n) is 3.03. The van der Waals surface area contributed by atoms with Crippen LogP contribution < -0.4 is 5.32 Å². The molecule has 0 radical (unpaired) electrons. The van der Waals surface area contributed by atoms with E-state index in [0.29, 0.717) is 19.0 Å². The molecule has 6 nitrogen and oxygen atoms in total. The van der Waals surface area contributed by atoms with Gasteiger partial charge in [0.05, 0.1) is 5.56 Å². The van der Waals surface area contributed by atoms with Crippen molar-refractivity contribution in [3.05, 3.63) is 18.0 Å². The highest BCUT2D eigenvalue weighted by Crippen LogP contribution is 2.13. The van der Waals surface area contributed by atoms with Crippen LogP contribution in [0.5, 0.6) is 0 Å². The predicted octanol–water partition coefficient (Wildman–Crippen LogP) is 1.87. The molecule has 2 N–H and O–H groups in total. The van der Waals surface area contributed by atoms with Crippen molar-refractivity contribution in [3.63, 3.8) is 0 Å². The quantitative estimate of drug-likeness (QED) is 0.644. The van der Waals surface area contributed by atoms with Gasteiger partial charge in [-0.2, -0.15) is 0 Å². The van der Waals surface area contributed by atoms with Crippen LogP contribution in [0.4, 0.5) is 10.7 Å². The van der Waals surface area contributed by atoms with Gasteiger partial charge in [0.25, 0.3) is 0 Å². The van der Waals surface area contributed by atoms with Gasteiger partial charge in [-0.3, -0.25) is 0 Å². The molecular weight excluding hydrogens is 284 g/mol. The van der Waals surface area contributed by atoms with Gasteiger partial charge in [-0.25, -0.2) is 14.8 Å². The standard InChI is InChI=1S/C14H20N4O2Si/c1-21(2,3)7-5-11-8-15-13(16-9-11)17-12-4-6-18(10-12)14(19)20/h8-9,12H,4,6,10H2,1-3H3,(H,19,20)(H,15,16,17)/t12-/m1/s1. The van der Waals surface area contributed by atoms with Gasteiger partial charge in [-0.15, -0.1) is 5.54 Å². The molecule has 0 unspecified atom stereocenters. The average molecular weight is 304 g/mol. The summed E-state index contributed by atoms with van der Waals surface area (Å²) in [6.45, 7) is 7.57. The lowest BCUT2D eigenvalue weighted by Crippen LogP contribution is -2.30. The van der Waals surface area contributed by atoms with Gasteiger partial charge in [0, 0.05) is 31.5 Å². The van der Waals surface area contributed by atoms with E-state index in [1.165, 1.54) is 4.90 Å². The number of amides is 1. The summed E-state index contributed by atoms with van der Waals surface area (Å²) >= 11 is 0. The first-order valence-electron chi connectivity index (χ1n) is 6.93. The fraction of sp³-hybridized carbons (Fsp3) is 0.500. The molecule has 1 saturated heterocycles. The van der Waals surface area contributed by atoms with Gasteiger partial charge in [0.2, 0.25) is 5.95 Å². The zero-order chi connectivity index (χ0) is 15.5. The van der Waals surface area contributed by atoms with Crippen LogP contribution in [-0.4, -0.2) is 53.3 Å². The average Bonchev–Trinajstić information content (AvgIpc) is 2.86. The van der Waals surface area contributed by atoms with Gasteiger partial charge in [-0.1, -0.05) is 25.6 Å². The molecular formula is C14H20N4O2Si. The van der Waals surface area contributed by atoms with E-state index in [9.17, 15) is 4.79 Å². The Kier molecular flexibility index (Phi) is 4.48. The summed E-state index contributed by atoms with van der Waals surface area (Å²) in [5, 5.41) is 12.1. The van der Waals surface area contributed by atoms with Crippen molar-refractivity contribution in [1.29, 1.82) is 0 Å². The Bertz CT molecular complexity index is 571. The fourth-order valence-corrected chi connectivity index (χ4v) is 2.48. The van der Waals surface area contributed by atoms with E-state index in [4.69, 9.17) is 5.11 Å². The van der Waals surface area contributed by atoms with E-state index in [2.05, 4.69) is 46.4 Å². The lowest BCUT2D eigenvalue weighted by molar-refractivity contribution is 0.155. The van der Waals surface area contributed by atoms with Crippen LogP contribution >= 0.6 is 0 Å². The molecule has 1 atom stereocenters. The van der Waals surface area contributed by atoms with Crippen molar-refractivity contribution in [1.82, 2.24) is 14.9 Å².